The smallest absolute Gasteiger partial charge is 0.321 e. The second kappa shape index (κ2) is 10.7. The highest BCUT2D eigenvalue weighted by Gasteiger charge is 2.25. The molecule has 0 amide bonds. The van der Waals surface area contributed by atoms with Crippen LogP contribution < -0.4 is 15.0 Å². The number of aliphatic carboxylic acids is 1. The van der Waals surface area contributed by atoms with E-state index in [2.05, 4.69) is 56.6 Å². The number of ether oxygens (including phenoxy) is 1. The summed E-state index contributed by atoms with van der Waals surface area (Å²) in [6.07, 6.45) is 5.92. The highest BCUT2D eigenvalue weighted by Crippen LogP contribution is 2.24. The van der Waals surface area contributed by atoms with Gasteiger partial charge in [-0.05, 0) is 67.3 Å². The van der Waals surface area contributed by atoms with E-state index in [9.17, 15) is 9.90 Å². The van der Waals surface area contributed by atoms with Crippen LogP contribution >= 0.6 is 0 Å². The highest BCUT2D eigenvalue weighted by molar-refractivity contribution is 5.71. The van der Waals surface area contributed by atoms with Crippen LogP contribution in [0.4, 0.5) is 5.69 Å². The molecule has 0 radical (unpaired) electrons. The van der Waals surface area contributed by atoms with E-state index in [4.69, 9.17) is 4.74 Å². The molecule has 1 aliphatic rings. The Morgan fingerprint density at radius 2 is 1.78 bits per heavy atom. The summed E-state index contributed by atoms with van der Waals surface area (Å²) >= 11 is 0. The van der Waals surface area contributed by atoms with Crippen LogP contribution in [0.5, 0.6) is 11.8 Å². The van der Waals surface area contributed by atoms with Gasteiger partial charge in [0.1, 0.15) is 5.75 Å². The monoisotopic (exact) mass is 432 g/mol. The molecular formula is C25H28N4O3. The van der Waals surface area contributed by atoms with Crippen LogP contribution in [0.2, 0.25) is 0 Å². The molecule has 7 nitrogen and oxygen atoms in total. The predicted octanol–water partition coefficient (Wildman–Crippen LogP) is 3.90. The largest absolute Gasteiger partial charge is 0.481 e. The molecule has 3 aromatic rings. The SMILES string of the molecule is O=C(O)C1CCCN(c2ccc(CNCCc3ccc(Oc4ncccn4)cc3)cc2)C1. The average molecular weight is 433 g/mol. The van der Waals surface area contributed by atoms with E-state index in [1.165, 1.54) is 11.1 Å². The van der Waals surface area contributed by atoms with Crippen molar-refractivity contribution in [2.75, 3.05) is 24.5 Å². The van der Waals surface area contributed by atoms with Gasteiger partial charge in [0.25, 0.3) is 0 Å². The number of carboxylic acid groups (broad SMARTS) is 1. The molecule has 0 saturated carbocycles. The van der Waals surface area contributed by atoms with Gasteiger partial charge in [0.15, 0.2) is 0 Å². The number of aromatic nitrogens is 2. The quantitative estimate of drug-likeness (QED) is 0.496. The Kier molecular flexibility index (Phi) is 7.30. The fourth-order valence-electron chi connectivity index (χ4n) is 3.87. The number of piperidine rings is 1. The topological polar surface area (TPSA) is 87.6 Å². The first kappa shape index (κ1) is 21.8. The fraction of sp³-hybridized carbons (Fsp3) is 0.320. The lowest BCUT2D eigenvalue weighted by atomic mass is 9.97. The molecule has 166 valence electrons. The Morgan fingerprint density at radius 1 is 1.06 bits per heavy atom. The van der Waals surface area contributed by atoms with Crippen LogP contribution in [-0.4, -0.2) is 40.7 Å². The van der Waals surface area contributed by atoms with Crippen molar-refractivity contribution in [2.24, 2.45) is 5.92 Å². The molecule has 32 heavy (non-hydrogen) atoms. The van der Waals surface area contributed by atoms with Crippen molar-refractivity contribution >= 4 is 11.7 Å². The molecule has 7 heteroatoms. The third-order valence-corrected chi connectivity index (χ3v) is 5.67. The molecule has 2 aromatic carbocycles. The van der Waals surface area contributed by atoms with E-state index < -0.39 is 5.97 Å². The second-order valence-electron chi connectivity index (χ2n) is 7.99. The molecular weight excluding hydrogens is 404 g/mol. The first-order valence-electron chi connectivity index (χ1n) is 11.0. The maximum absolute atomic E-state index is 11.3. The number of rotatable bonds is 9. The molecule has 0 spiro atoms. The first-order valence-corrected chi connectivity index (χ1v) is 11.0. The van der Waals surface area contributed by atoms with E-state index in [0.29, 0.717) is 12.6 Å². The van der Waals surface area contributed by atoms with Crippen molar-refractivity contribution < 1.29 is 14.6 Å². The predicted molar refractivity (Wildman–Crippen MR) is 123 cm³/mol. The van der Waals surface area contributed by atoms with Crippen LogP contribution in [0.25, 0.3) is 0 Å². The Bertz CT molecular complexity index is 994. The van der Waals surface area contributed by atoms with Gasteiger partial charge < -0.3 is 20.1 Å². The molecule has 1 atom stereocenters. The van der Waals surface area contributed by atoms with Gasteiger partial charge in [-0.3, -0.25) is 4.79 Å². The lowest BCUT2D eigenvalue weighted by Crippen LogP contribution is -2.38. The Labute approximate surface area is 188 Å². The fourth-order valence-corrected chi connectivity index (χ4v) is 3.87. The number of nitrogens with zero attached hydrogens (tertiary/aromatic N) is 3. The molecule has 1 aliphatic heterocycles. The third kappa shape index (κ3) is 6.04. The van der Waals surface area contributed by atoms with Crippen LogP contribution in [0, 0.1) is 5.92 Å². The van der Waals surface area contributed by atoms with Crippen LogP contribution in [0.15, 0.2) is 67.0 Å². The van der Waals surface area contributed by atoms with E-state index in [0.717, 1.165) is 50.3 Å². The lowest BCUT2D eigenvalue weighted by Gasteiger charge is -2.32. The standard InChI is InChI=1S/C25H28N4O3/c30-24(31)21-3-1-16-29(18-21)22-8-4-20(5-9-22)17-26-15-12-19-6-10-23(11-7-19)32-25-27-13-2-14-28-25/h2,4-11,13-14,21,26H,1,3,12,15-18H2,(H,30,31). The average Bonchev–Trinajstić information content (AvgIpc) is 2.84. The summed E-state index contributed by atoms with van der Waals surface area (Å²) in [6, 6.07) is 18.5. The number of anilines is 1. The summed E-state index contributed by atoms with van der Waals surface area (Å²) in [6.45, 7) is 3.18. The summed E-state index contributed by atoms with van der Waals surface area (Å²) in [5.41, 5.74) is 3.54. The van der Waals surface area contributed by atoms with E-state index >= 15 is 0 Å². The van der Waals surface area contributed by atoms with E-state index in [1.54, 1.807) is 18.5 Å². The van der Waals surface area contributed by atoms with Gasteiger partial charge in [0.2, 0.25) is 0 Å². The van der Waals surface area contributed by atoms with Gasteiger partial charge in [-0.15, -0.1) is 0 Å². The molecule has 1 saturated heterocycles. The molecule has 2 N–H and O–H groups in total. The number of benzene rings is 2. The van der Waals surface area contributed by atoms with Crippen LogP contribution in [0.1, 0.15) is 24.0 Å². The van der Waals surface area contributed by atoms with Crippen molar-refractivity contribution in [1.82, 2.24) is 15.3 Å². The normalized spacial score (nSPS) is 16.0. The van der Waals surface area contributed by atoms with Crippen molar-refractivity contribution in [3.8, 4) is 11.8 Å². The van der Waals surface area contributed by atoms with Crippen molar-refractivity contribution in [2.45, 2.75) is 25.8 Å². The maximum atomic E-state index is 11.3. The Morgan fingerprint density at radius 3 is 2.50 bits per heavy atom. The van der Waals surface area contributed by atoms with Crippen molar-refractivity contribution in [1.29, 1.82) is 0 Å². The number of nitrogens with one attached hydrogen (secondary N) is 1. The Balaban J connectivity index is 1.20. The Hall–Kier alpha value is -3.45. The lowest BCUT2D eigenvalue weighted by molar-refractivity contribution is -0.141. The molecule has 4 rings (SSSR count). The minimum Gasteiger partial charge on any atom is -0.481 e. The molecule has 0 bridgehead atoms. The van der Waals surface area contributed by atoms with E-state index in [-0.39, 0.29) is 5.92 Å². The minimum absolute atomic E-state index is 0.266. The van der Waals surface area contributed by atoms with Gasteiger partial charge in [-0.2, -0.15) is 0 Å². The van der Waals surface area contributed by atoms with Crippen molar-refractivity contribution in [3.05, 3.63) is 78.1 Å². The minimum atomic E-state index is -0.692. The summed E-state index contributed by atoms with van der Waals surface area (Å²) < 4.78 is 5.62. The number of carboxylic acids is 1. The van der Waals surface area contributed by atoms with Gasteiger partial charge in [0.05, 0.1) is 5.92 Å². The second-order valence-corrected chi connectivity index (χ2v) is 7.99. The van der Waals surface area contributed by atoms with Crippen molar-refractivity contribution in [3.63, 3.8) is 0 Å². The summed E-state index contributed by atoms with van der Waals surface area (Å²) in [5, 5.41) is 12.8. The highest BCUT2D eigenvalue weighted by atomic mass is 16.5. The third-order valence-electron chi connectivity index (χ3n) is 5.67. The van der Waals surface area contributed by atoms with Gasteiger partial charge in [0, 0.05) is 37.7 Å². The maximum Gasteiger partial charge on any atom is 0.321 e. The summed E-state index contributed by atoms with van der Waals surface area (Å²) in [4.78, 5) is 21.6. The molecule has 2 heterocycles. The van der Waals surface area contributed by atoms with Crippen LogP contribution in [0.3, 0.4) is 0 Å². The molecule has 0 aliphatic carbocycles. The molecule has 1 aromatic heterocycles. The van der Waals surface area contributed by atoms with Gasteiger partial charge >= 0.3 is 12.0 Å². The molecule has 1 fully saturated rings. The zero-order valence-electron chi connectivity index (χ0n) is 18.0. The number of hydrogen-bond donors (Lipinski definition) is 2. The zero-order chi connectivity index (χ0) is 22.2. The summed E-state index contributed by atoms with van der Waals surface area (Å²) in [7, 11) is 0. The summed E-state index contributed by atoms with van der Waals surface area (Å²) in [5.74, 6) is -0.239. The number of carbonyl (C=O) groups is 1. The zero-order valence-corrected chi connectivity index (χ0v) is 18.0. The van der Waals surface area contributed by atoms with Gasteiger partial charge in [-0.1, -0.05) is 24.3 Å². The molecule has 1 unspecified atom stereocenters. The van der Waals surface area contributed by atoms with E-state index in [1.807, 2.05) is 12.1 Å². The van der Waals surface area contributed by atoms with Gasteiger partial charge in [-0.25, -0.2) is 9.97 Å². The van der Waals surface area contributed by atoms with Crippen LogP contribution in [-0.2, 0) is 17.8 Å². The first-order chi connectivity index (χ1) is 15.7. The number of hydrogen-bond acceptors (Lipinski definition) is 6.